The molecule has 0 amide bonds. The van der Waals surface area contributed by atoms with Gasteiger partial charge in [-0.25, -0.2) is 0 Å². The highest BCUT2D eigenvalue weighted by atomic mass is 16.6. The smallest absolute Gasteiger partial charge is 0.258 e. The molecule has 1 saturated carbocycles. The molecule has 0 aliphatic heterocycles. The molecule has 1 aromatic carbocycles. The van der Waals surface area contributed by atoms with Crippen molar-refractivity contribution in [3.8, 4) is 0 Å². The Kier molecular flexibility index (Phi) is 3.77. The Morgan fingerprint density at radius 1 is 1.29 bits per heavy atom. The van der Waals surface area contributed by atoms with Crippen LogP contribution >= 0.6 is 0 Å². The first-order valence-electron chi connectivity index (χ1n) is 6.46. The second-order valence-electron chi connectivity index (χ2n) is 4.95. The van der Waals surface area contributed by atoms with Crippen molar-refractivity contribution >= 4 is 5.69 Å². The second kappa shape index (κ2) is 5.30. The van der Waals surface area contributed by atoms with E-state index in [0.29, 0.717) is 5.92 Å². The van der Waals surface area contributed by atoms with Crippen molar-refractivity contribution in [1.82, 2.24) is 0 Å². The number of hydrogen-bond donors (Lipinski definition) is 0. The third-order valence-corrected chi connectivity index (χ3v) is 3.63. The zero-order valence-corrected chi connectivity index (χ0v) is 10.3. The van der Waals surface area contributed by atoms with E-state index in [1.807, 2.05) is 12.1 Å². The van der Waals surface area contributed by atoms with Gasteiger partial charge in [-0.2, -0.15) is 0 Å². The SMILES string of the molecule is CCCCC[C@@H]1C[C@H]1c1ccc([N+](=O)[O-])cc1. The molecular weight excluding hydrogens is 214 g/mol. The summed E-state index contributed by atoms with van der Waals surface area (Å²) in [6.07, 6.45) is 6.50. The lowest BCUT2D eigenvalue weighted by atomic mass is 10.1. The van der Waals surface area contributed by atoms with Crippen molar-refractivity contribution in [2.45, 2.75) is 44.9 Å². The first kappa shape index (κ1) is 12.1. The van der Waals surface area contributed by atoms with E-state index in [9.17, 15) is 10.1 Å². The number of nitro benzene ring substituents is 1. The van der Waals surface area contributed by atoms with Gasteiger partial charge in [0.25, 0.3) is 5.69 Å². The van der Waals surface area contributed by atoms with Crippen LogP contribution < -0.4 is 0 Å². The highest BCUT2D eigenvalue weighted by Crippen LogP contribution is 2.50. The number of unbranched alkanes of at least 4 members (excludes halogenated alkanes) is 2. The van der Waals surface area contributed by atoms with Crippen molar-refractivity contribution in [1.29, 1.82) is 0 Å². The van der Waals surface area contributed by atoms with Gasteiger partial charge in [-0.05, 0) is 30.2 Å². The van der Waals surface area contributed by atoms with Crippen molar-refractivity contribution in [2.75, 3.05) is 0 Å². The molecule has 2 atom stereocenters. The van der Waals surface area contributed by atoms with Crippen LogP contribution in [0.25, 0.3) is 0 Å². The number of rotatable bonds is 6. The summed E-state index contributed by atoms with van der Waals surface area (Å²) < 4.78 is 0. The number of nitro groups is 1. The maximum absolute atomic E-state index is 10.5. The Hall–Kier alpha value is -1.38. The monoisotopic (exact) mass is 233 g/mol. The van der Waals surface area contributed by atoms with Gasteiger partial charge in [-0.15, -0.1) is 0 Å². The minimum Gasteiger partial charge on any atom is -0.258 e. The predicted molar refractivity (Wildman–Crippen MR) is 68.1 cm³/mol. The van der Waals surface area contributed by atoms with Crippen molar-refractivity contribution in [2.24, 2.45) is 5.92 Å². The summed E-state index contributed by atoms with van der Waals surface area (Å²) in [6, 6.07) is 7.08. The summed E-state index contributed by atoms with van der Waals surface area (Å²) in [6.45, 7) is 2.22. The van der Waals surface area contributed by atoms with Crippen LogP contribution in [0.2, 0.25) is 0 Å². The summed E-state index contributed by atoms with van der Waals surface area (Å²) in [5.74, 6) is 1.48. The molecule has 1 fully saturated rings. The Morgan fingerprint density at radius 2 is 2.00 bits per heavy atom. The Morgan fingerprint density at radius 3 is 2.59 bits per heavy atom. The zero-order chi connectivity index (χ0) is 12.3. The third-order valence-electron chi connectivity index (χ3n) is 3.63. The summed E-state index contributed by atoms with van der Waals surface area (Å²) in [4.78, 5) is 10.2. The van der Waals surface area contributed by atoms with E-state index >= 15 is 0 Å². The van der Waals surface area contributed by atoms with Crippen LogP contribution in [-0.2, 0) is 0 Å². The minimum absolute atomic E-state index is 0.192. The average Bonchev–Trinajstić information content (AvgIpc) is 3.09. The number of benzene rings is 1. The molecule has 17 heavy (non-hydrogen) atoms. The molecule has 0 spiro atoms. The van der Waals surface area contributed by atoms with Crippen LogP contribution in [0.3, 0.4) is 0 Å². The maximum atomic E-state index is 10.5. The van der Waals surface area contributed by atoms with Gasteiger partial charge in [0.1, 0.15) is 0 Å². The minimum atomic E-state index is -0.338. The third kappa shape index (κ3) is 3.05. The molecule has 0 radical (unpaired) electrons. The molecule has 92 valence electrons. The van der Waals surface area contributed by atoms with Crippen LogP contribution in [-0.4, -0.2) is 4.92 Å². The molecule has 3 heteroatoms. The topological polar surface area (TPSA) is 43.1 Å². The number of hydrogen-bond acceptors (Lipinski definition) is 2. The van der Waals surface area contributed by atoms with Gasteiger partial charge in [0, 0.05) is 12.1 Å². The first-order chi connectivity index (χ1) is 8.22. The number of non-ortho nitro benzene ring substituents is 1. The van der Waals surface area contributed by atoms with E-state index in [1.165, 1.54) is 37.7 Å². The second-order valence-corrected chi connectivity index (χ2v) is 4.95. The molecule has 0 saturated heterocycles. The molecule has 1 aromatic rings. The molecule has 3 nitrogen and oxygen atoms in total. The molecule has 0 heterocycles. The largest absolute Gasteiger partial charge is 0.269 e. The van der Waals surface area contributed by atoms with Gasteiger partial charge < -0.3 is 0 Å². The maximum Gasteiger partial charge on any atom is 0.269 e. The summed E-state index contributed by atoms with van der Waals surface area (Å²) in [5.41, 5.74) is 1.47. The van der Waals surface area contributed by atoms with Crippen LogP contribution in [0.5, 0.6) is 0 Å². The highest BCUT2D eigenvalue weighted by molar-refractivity contribution is 5.36. The van der Waals surface area contributed by atoms with Crippen LogP contribution in [0.15, 0.2) is 24.3 Å². The average molecular weight is 233 g/mol. The lowest BCUT2D eigenvalue weighted by molar-refractivity contribution is -0.384. The lowest BCUT2D eigenvalue weighted by Gasteiger charge is -2.00. The van der Waals surface area contributed by atoms with Gasteiger partial charge in [-0.3, -0.25) is 10.1 Å². The van der Waals surface area contributed by atoms with E-state index < -0.39 is 0 Å². The molecule has 0 N–H and O–H groups in total. The van der Waals surface area contributed by atoms with Gasteiger partial charge in [-0.1, -0.05) is 38.3 Å². The van der Waals surface area contributed by atoms with Crippen molar-refractivity contribution in [3.05, 3.63) is 39.9 Å². The molecular formula is C14H19NO2. The molecule has 1 aliphatic carbocycles. The Labute approximate surface area is 102 Å². The van der Waals surface area contributed by atoms with Crippen LogP contribution in [0.1, 0.15) is 50.5 Å². The first-order valence-corrected chi connectivity index (χ1v) is 6.46. The predicted octanol–water partition coefficient (Wildman–Crippen LogP) is 4.28. The van der Waals surface area contributed by atoms with E-state index in [2.05, 4.69) is 6.92 Å². The van der Waals surface area contributed by atoms with Crippen molar-refractivity contribution < 1.29 is 4.92 Å². The van der Waals surface area contributed by atoms with E-state index in [4.69, 9.17) is 0 Å². The molecule has 0 bridgehead atoms. The lowest BCUT2D eigenvalue weighted by Crippen LogP contribution is -1.89. The number of nitrogens with zero attached hydrogens (tertiary/aromatic N) is 1. The van der Waals surface area contributed by atoms with Gasteiger partial charge in [0.05, 0.1) is 4.92 Å². The molecule has 0 aromatic heterocycles. The zero-order valence-electron chi connectivity index (χ0n) is 10.3. The highest BCUT2D eigenvalue weighted by Gasteiger charge is 2.37. The molecule has 0 unspecified atom stereocenters. The van der Waals surface area contributed by atoms with E-state index in [0.717, 1.165) is 5.92 Å². The van der Waals surface area contributed by atoms with Crippen molar-refractivity contribution in [3.63, 3.8) is 0 Å². The van der Waals surface area contributed by atoms with Gasteiger partial charge >= 0.3 is 0 Å². The molecule has 1 aliphatic rings. The summed E-state index contributed by atoms with van der Waals surface area (Å²) in [7, 11) is 0. The van der Waals surface area contributed by atoms with E-state index in [1.54, 1.807) is 12.1 Å². The normalized spacial score (nSPS) is 22.4. The Bertz CT molecular complexity index is 386. The molecule has 2 rings (SSSR count). The van der Waals surface area contributed by atoms with Crippen LogP contribution in [0, 0.1) is 16.0 Å². The van der Waals surface area contributed by atoms with Gasteiger partial charge in [0.15, 0.2) is 0 Å². The quantitative estimate of drug-likeness (QED) is 0.418. The fourth-order valence-corrected chi connectivity index (χ4v) is 2.47. The van der Waals surface area contributed by atoms with Gasteiger partial charge in [0.2, 0.25) is 0 Å². The fourth-order valence-electron chi connectivity index (χ4n) is 2.47. The Balaban J connectivity index is 1.86. The summed E-state index contributed by atoms with van der Waals surface area (Å²) in [5, 5.41) is 10.5. The van der Waals surface area contributed by atoms with E-state index in [-0.39, 0.29) is 10.6 Å². The van der Waals surface area contributed by atoms with Crippen LogP contribution in [0.4, 0.5) is 5.69 Å². The summed E-state index contributed by atoms with van der Waals surface area (Å²) >= 11 is 0. The standard InChI is InChI=1S/C14H19NO2/c1-2-3-4-5-12-10-14(12)11-6-8-13(9-7-11)15(16)17/h6-9,12,14H,2-5,10H2,1H3/t12-,14+/m1/s1. The fraction of sp³-hybridized carbons (Fsp3) is 0.571.